The summed E-state index contributed by atoms with van der Waals surface area (Å²) < 4.78 is 19.0. The molecule has 2 aliphatic rings. The molecule has 3 aromatic rings. The molecule has 5 atom stereocenters. The van der Waals surface area contributed by atoms with Crippen LogP contribution in [0.1, 0.15) is 38.2 Å². The molecule has 44 heavy (non-hydrogen) atoms. The van der Waals surface area contributed by atoms with E-state index < -0.39 is 8.07 Å². The van der Waals surface area contributed by atoms with Crippen molar-refractivity contribution in [2.24, 2.45) is 5.92 Å². The normalized spacial score (nSPS) is 23.6. The summed E-state index contributed by atoms with van der Waals surface area (Å²) in [6.07, 6.45) is 5.41. The van der Waals surface area contributed by atoms with Crippen molar-refractivity contribution in [3.63, 3.8) is 0 Å². The van der Waals surface area contributed by atoms with Crippen LogP contribution in [0.25, 0.3) is 5.69 Å². The number of amides is 1. The molecule has 236 valence electrons. The van der Waals surface area contributed by atoms with Crippen molar-refractivity contribution in [1.29, 1.82) is 0 Å². The lowest BCUT2D eigenvalue weighted by atomic mass is 9.95. The number of hydrogen-bond acceptors (Lipinski definition) is 6. The fourth-order valence-corrected chi connectivity index (χ4v) is 11.5. The van der Waals surface area contributed by atoms with Crippen molar-refractivity contribution < 1.29 is 24.1 Å². The Morgan fingerprint density at radius 2 is 1.75 bits per heavy atom. The maximum absolute atomic E-state index is 13.6. The van der Waals surface area contributed by atoms with E-state index in [0.717, 1.165) is 37.1 Å². The largest absolute Gasteiger partial charge is 0.497 e. The van der Waals surface area contributed by atoms with Gasteiger partial charge in [0, 0.05) is 18.4 Å². The molecule has 5 rings (SSSR count). The lowest BCUT2D eigenvalue weighted by Gasteiger charge is -2.36. The van der Waals surface area contributed by atoms with Crippen LogP contribution in [0.5, 0.6) is 11.5 Å². The summed E-state index contributed by atoms with van der Waals surface area (Å²) in [4.78, 5) is 28.1. The van der Waals surface area contributed by atoms with Crippen LogP contribution in [0.3, 0.4) is 0 Å². The highest BCUT2D eigenvalue weighted by Crippen LogP contribution is 2.46. The Morgan fingerprint density at radius 1 is 1.02 bits per heavy atom. The van der Waals surface area contributed by atoms with Crippen molar-refractivity contribution in [3.05, 3.63) is 82.8 Å². The Bertz CT molecular complexity index is 1470. The Balaban J connectivity index is 1.34. The van der Waals surface area contributed by atoms with Crippen LogP contribution >= 0.6 is 0 Å². The van der Waals surface area contributed by atoms with E-state index in [9.17, 15) is 14.7 Å². The van der Waals surface area contributed by atoms with Gasteiger partial charge in [0.1, 0.15) is 5.75 Å². The molecule has 2 aromatic carbocycles. The minimum atomic E-state index is -2.09. The standard InChI is InChI=1S/C35H46N2O6Si/c1-24-30(19-12-25-10-13-26(14-11-25)37-21-7-9-31(42-3)35(37)40)43-32(22-33(39)36-20-6-8-27(36)23-38)34(24)44(4,5)29-17-15-28(41-2)16-18-29/h7,9-11,13-18,21,24,27,30,32,34,38H,6,8,12,19-20,22-23H2,1-5H3/t24-,27-,30+,32-,34+/m0/s1. The molecule has 1 aromatic heterocycles. The number of pyridine rings is 1. The molecule has 0 aliphatic carbocycles. The molecule has 2 aliphatic heterocycles. The van der Waals surface area contributed by atoms with E-state index in [0.29, 0.717) is 18.7 Å². The number of aromatic nitrogens is 1. The Morgan fingerprint density at radius 3 is 2.41 bits per heavy atom. The molecule has 2 saturated heterocycles. The molecule has 8 nitrogen and oxygen atoms in total. The smallest absolute Gasteiger partial charge is 0.297 e. The Labute approximate surface area is 261 Å². The van der Waals surface area contributed by atoms with E-state index in [2.05, 4.69) is 44.3 Å². The van der Waals surface area contributed by atoms with Gasteiger partial charge in [0.2, 0.25) is 5.91 Å². The first kappa shape index (κ1) is 32.0. The van der Waals surface area contributed by atoms with Crippen LogP contribution in [-0.2, 0) is 16.0 Å². The summed E-state index contributed by atoms with van der Waals surface area (Å²) in [6, 6.07) is 19.9. The number of ether oxygens (including phenoxy) is 3. The summed E-state index contributed by atoms with van der Waals surface area (Å²) in [6.45, 7) is 7.80. The molecular weight excluding hydrogens is 572 g/mol. The Kier molecular flexibility index (Phi) is 9.97. The quantitative estimate of drug-likeness (QED) is 0.317. The third-order valence-corrected chi connectivity index (χ3v) is 14.3. The minimum Gasteiger partial charge on any atom is -0.497 e. The molecule has 1 N–H and O–H groups in total. The maximum Gasteiger partial charge on any atom is 0.297 e. The number of aryl methyl sites for hydroxylation is 1. The van der Waals surface area contributed by atoms with E-state index in [1.807, 2.05) is 29.2 Å². The van der Waals surface area contributed by atoms with Gasteiger partial charge in [-0.05, 0) is 79.1 Å². The number of aliphatic hydroxyl groups is 1. The van der Waals surface area contributed by atoms with Gasteiger partial charge in [-0.3, -0.25) is 14.2 Å². The Hall–Kier alpha value is -3.40. The number of likely N-dealkylation sites (tertiary alicyclic amines) is 1. The van der Waals surface area contributed by atoms with Crippen molar-refractivity contribution in [2.45, 2.75) is 75.9 Å². The highest BCUT2D eigenvalue weighted by atomic mass is 28.3. The summed E-state index contributed by atoms with van der Waals surface area (Å²) in [5.41, 5.74) is 2.02. The average molecular weight is 619 g/mol. The predicted molar refractivity (Wildman–Crippen MR) is 175 cm³/mol. The summed E-state index contributed by atoms with van der Waals surface area (Å²) in [7, 11) is 1.09. The average Bonchev–Trinajstić information content (AvgIpc) is 3.64. The van der Waals surface area contributed by atoms with Crippen LogP contribution in [0.15, 0.2) is 71.7 Å². The molecule has 0 radical (unpaired) electrons. The molecule has 0 unspecified atom stereocenters. The predicted octanol–water partition coefficient (Wildman–Crippen LogP) is 4.55. The van der Waals surface area contributed by atoms with Gasteiger partial charge in [-0.25, -0.2) is 0 Å². The van der Waals surface area contributed by atoms with Crippen molar-refractivity contribution in [1.82, 2.24) is 9.47 Å². The van der Waals surface area contributed by atoms with Crippen LogP contribution in [0.4, 0.5) is 0 Å². The number of aliphatic hydroxyl groups excluding tert-OH is 1. The number of carbonyl (C=O) groups is 1. The lowest BCUT2D eigenvalue weighted by Crippen LogP contribution is -2.51. The molecule has 1 amide bonds. The van der Waals surface area contributed by atoms with Gasteiger partial charge in [-0.2, -0.15) is 0 Å². The molecule has 3 heterocycles. The molecule has 2 fully saturated rings. The number of carbonyl (C=O) groups excluding carboxylic acids is 1. The van der Waals surface area contributed by atoms with Gasteiger partial charge in [0.15, 0.2) is 5.75 Å². The first-order valence-corrected chi connectivity index (χ1v) is 18.8. The minimum absolute atomic E-state index is 0.0110. The number of benzene rings is 2. The van der Waals surface area contributed by atoms with Gasteiger partial charge in [0.05, 0.1) is 53.6 Å². The molecule has 0 bridgehead atoms. The molecule has 9 heteroatoms. The van der Waals surface area contributed by atoms with Crippen molar-refractivity contribution >= 4 is 19.2 Å². The first-order valence-electron chi connectivity index (χ1n) is 15.7. The van der Waals surface area contributed by atoms with Gasteiger partial charge in [-0.15, -0.1) is 0 Å². The van der Waals surface area contributed by atoms with E-state index in [4.69, 9.17) is 14.2 Å². The fourth-order valence-electron chi connectivity index (χ4n) is 7.45. The highest BCUT2D eigenvalue weighted by Gasteiger charge is 2.51. The topological polar surface area (TPSA) is 90.2 Å². The summed E-state index contributed by atoms with van der Waals surface area (Å²) >= 11 is 0. The van der Waals surface area contributed by atoms with Crippen LogP contribution in [0.2, 0.25) is 18.6 Å². The third kappa shape index (κ3) is 6.50. The molecule has 0 spiro atoms. The monoisotopic (exact) mass is 618 g/mol. The van der Waals surface area contributed by atoms with E-state index in [1.54, 1.807) is 30.0 Å². The maximum atomic E-state index is 13.6. The second-order valence-corrected chi connectivity index (χ2v) is 17.5. The summed E-state index contributed by atoms with van der Waals surface area (Å²) in [5.74, 6) is 1.51. The number of nitrogens with zero attached hydrogens (tertiary/aromatic N) is 2. The van der Waals surface area contributed by atoms with Crippen LogP contribution < -0.4 is 20.2 Å². The molecular formula is C35H46N2O6Si. The van der Waals surface area contributed by atoms with Gasteiger partial charge >= 0.3 is 0 Å². The van der Waals surface area contributed by atoms with E-state index >= 15 is 0 Å². The van der Waals surface area contributed by atoms with Crippen molar-refractivity contribution in [2.75, 3.05) is 27.4 Å². The SMILES string of the molecule is COc1ccc([Si](C)(C)[C@@H]2[C@@H](C)[C@@H](CCc3ccc(-n4cccc(OC)c4=O)cc3)O[C@H]2CC(=O)N2CCC[C@H]2CO)cc1. The second-order valence-electron chi connectivity index (χ2n) is 12.8. The van der Waals surface area contributed by atoms with Crippen LogP contribution in [-0.4, -0.2) is 74.2 Å². The van der Waals surface area contributed by atoms with Gasteiger partial charge < -0.3 is 24.2 Å². The number of rotatable bonds is 11. The zero-order valence-corrected chi connectivity index (χ0v) is 27.6. The number of hydrogen-bond donors (Lipinski definition) is 1. The second kappa shape index (κ2) is 13.7. The third-order valence-electron chi connectivity index (χ3n) is 9.92. The van der Waals surface area contributed by atoms with Crippen molar-refractivity contribution in [3.8, 4) is 17.2 Å². The summed E-state index contributed by atoms with van der Waals surface area (Å²) in [5, 5.41) is 11.2. The number of methoxy groups -OCH3 is 2. The lowest BCUT2D eigenvalue weighted by molar-refractivity contribution is -0.135. The van der Waals surface area contributed by atoms with Gasteiger partial charge in [-0.1, -0.05) is 49.5 Å². The highest BCUT2D eigenvalue weighted by molar-refractivity contribution is 6.91. The zero-order chi connectivity index (χ0) is 31.4. The van der Waals surface area contributed by atoms with E-state index in [-0.39, 0.29) is 47.8 Å². The van der Waals surface area contributed by atoms with Gasteiger partial charge in [0.25, 0.3) is 5.56 Å². The first-order chi connectivity index (χ1) is 21.2. The molecule has 0 saturated carbocycles. The van der Waals surface area contributed by atoms with E-state index in [1.165, 1.54) is 17.9 Å². The fraction of sp³-hybridized carbons (Fsp3) is 0.486. The zero-order valence-electron chi connectivity index (χ0n) is 26.6. The van der Waals surface area contributed by atoms with Crippen LogP contribution in [0, 0.1) is 5.92 Å².